The minimum absolute atomic E-state index is 0.323. The lowest BCUT2D eigenvalue weighted by atomic mass is 9.87. The molecule has 0 bridgehead atoms. The van der Waals surface area contributed by atoms with Crippen LogP contribution in [0, 0.1) is 5.41 Å². The Hall–Kier alpha value is -0.810. The van der Waals surface area contributed by atoms with E-state index >= 15 is 0 Å². The third kappa shape index (κ3) is 10.1. The molecule has 0 aliphatic carbocycles. The van der Waals surface area contributed by atoms with Crippen LogP contribution < -0.4 is 10.6 Å². The molecule has 0 spiro atoms. The highest BCUT2D eigenvalue weighted by molar-refractivity contribution is 5.79. The van der Waals surface area contributed by atoms with Crippen LogP contribution in [0.1, 0.15) is 59.3 Å². The first kappa shape index (κ1) is 21.2. The summed E-state index contributed by atoms with van der Waals surface area (Å²) in [5.41, 5.74) is 0.323. The number of morpholine rings is 1. The highest BCUT2D eigenvalue weighted by Crippen LogP contribution is 2.22. The summed E-state index contributed by atoms with van der Waals surface area (Å²) < 4.78 is 5.38. The zero-order chi connectivity index (χ0) is 17.7. The van der Waals surface area contributed by atoms with Crippen LogP contribution in [0.2, 0.25) is 0 Å². The maximum atomic E-state index is 5.38. The summed E-state index contributed by atoms with van der Waals surface area (Å²) in [7, 11) is 1.85. The molecular formula is C19H40N4O. The van der Waals surface area contributed by atoms with Gasteiger partial charge in [0.05, 0.1) is 13.2 Å². The van der Waals surface area contributed by atoms with E-state index in [-0.39, 0.29) is 0 Å². The van der Waals surface area contributed by atoms with Gasteiger partial charge in [0.25, 0.3) is 0 Å². The van der Waals surface area contributed by atoms with E-state index in [0.29, 0.717) is 5.41 Å². The lowest BCUT2D eigenvalue weighted by Gasteiger charge is -2.27. The van der Waals surface area contributed by atoms with Crippen LogP contribution in [0.15, 0.2) is 4.99 Å². The smallest absolute Gasteiger partial charge is 0.190 e. The third-order valence-electron chi connectivity index (χ3n) is 4.71. The van der Waals surface area contributed by atoms with Crippen molar-refractivity contribution in [1.82, 2.24) is 15.5 Å². The molecule has 1 aliphatic heterocycles. The Balaban J connectivity index is 2.09. The van der Waals surface area contributed by atoms with Gasteiger partial charge in [0, 0.05) is 33.2 Å². The van der Waals surface area contributed by atoms with Crippen LogP contribution in [0.5, 0.6) is 0 Å². The van der Waals surface area contributed by atoms with Crippen LogP contribution >= 0.6 is 0 Å². The zero-order valence-electron chi connectivity index (χ0n) is 16.5. The lowest BCUT2D eigenvalue weighted by molar-refractivity contribution is 0.0372. The van der Waals surface area contributed by atoms with Gasteiger partial charge in [-0.3, -0.25) is 9.89 Å². The van der Waals surface area contributed by atoms with Crippen LogP contribution in [0.25, 0.3) is 0 Å². The molecule has 5 nitrogen and oxygen atoms in total. The van der Waals surface area contributed by atoms with Gasteiger partial charge in [0.15, 0.2) is 5.96 Å². The minimum atomic E-state index is 0.323. The summed E-state index contributed by atoms with van der Waals surface area (Å²) in [6.07, 6.45) is 7.62. The molecule has 0 aromatic carbocycles. The number of guanidine groups is 1. The fourth-order valence-electron chi connectivity index (χ4n) is 2.98. The molecule has 142 valence electrons. The van der Waals surface area contributed by atoms with Crippen LogP contribution in [0.3, 0.4) is 0 Å². The second kappa shape index (κ2) is 12.5. The minimum Gasteiger partial charge on any atom is -0.379 e. The van der Waals surface area contributed by atoms with Gasteiger partial charge in [-0.2, -0.15) is 0 Å². The maximum Gasteiger partial charge on any atom is 0.190 e. The fourth-order valence-corrected chi connectivity index (χ4v) is 2.98. The van der Waals surface area contributed by atoms with Gasteiger partial charge in [-0.05, 0) is 31.2 Å². The van der Waals surface area contributed by atoms with Crippen molar-refractivity contribution in [3.63, 3.8) is 0 Å². The molecule has 1 fully saturated rings. The number of aliphatic imine (C=N–C) groups is 1. The van der Waals surface area contributed by atoms with E-state index in [0.717, 1.165) is 45.4 Å². The third-order valence-corrected chi connectivity index (χ3v) is 4.71. The summed E-state index contributed by atoms with van der Waals surface area (Å²) in [6, 6.07) is 0. The van der Waals surface area contributed by atoms with Crippen LogP contribution in [0.4, 0.5) is 0 Å². The van der Waals surface area contributed by atoms with Crippen molar-refractivity contribution in [2.45, 2.75) is 59.3 Å². The largest absolute Gasteiger partial charge is 0.379 e. The van der Waals surface area contributed by atoms with E-state index in [4.69, 9.17) is 4.74 Å². The molecule has 1 rings (SSSR count). The molecule has 2 N–H and O–H groups in total. The molecule has 0 saturated carbocycles. The van der Waals surface area contributed by atoms with Gasteiger partial charge in [0.1, 0.15) is 0 Å². The Kier molecular flexibility index (Phi) is 11.1. The topological polar surface area (TPSA) is 48.9 Å². The highest BCUT2D eigenvalue weighted by atomic mass is 16.5. The quantitative estimate of drug-likeness (QED) is 0.345. The highest BCUT2D eigenvalue weighted by Gasteiger charge is 2.17. The summed E-state index contributed by atoms with van der Waals surface area (Å²) in [5, 5.41) is 6.93. The number of hydrogen-bond donors (Lipinski definition) is 2. The standard InChI is InChI=1S/C19H40N4O/c1-5-6-7-10-19(2,3)17-22-18(20-4)21-11-8-9-12-23-13-15-24-16-14-23/h5-17H2,1-4H3,(H2,20,21,22). The van der Waals surface area contributed by atoms with E-state index in [1.54, 1.807) is 0 Å². The Labute approximate surface area is 149 Å². The summed E-state index contributed by atoms with van der Waals surface area (Å²) in [6.45, 7) is 14.0. The first-order valence-corrected chi connectivity index (χ1v) is 9.82. The molecular weight excluding hydrogens is 300 g/mol. The predicted molar refractivity (Wildman–Crippen MR) is 104 cm³/mol. The molecule has 0 aromatic heterocycles. The average Bonchev–Trinajstić information content (AvgIpc) is 2.58. The van der Waals surface area contributed by atoms with Gasteiger partial charge >= 0.3 is 0 Å². The first-order valence-electron chi connectivity index (χ1n) is 9.82. The van der Waals surface area contributed by atoms with E-state index in [1.807, 2.05) is 7.05 Å². The molecule has 0 atom stereocenters. The number of hydrogen-bond acceptors (Lipinski definition) is 3. The second-order valence-electron chi connectivity index (χ2n) is 7.63. The summed E-state index contributed by atoms with van der Waals surface area (Å²) in [5.74, 6) is 0.935. The number of unbranched alkanes of at least 4 members (excludes halogenated alkanes) is 3. The van der Waals surface area contributed by atoms with Crippen molar-refractivity contribution < 1.29 is 4.74 Å². The number of nitrogens with one attached hydrogen (secondary N) is 2. The average molecular weight is 341 g/mol. The molecule has 0 unspecified atom stereocenters. The second-order valence-corrected chi connectivity index (χ2v) is 7.63. The maximum absolute atomic E-state index is 5.38. The van der Waals surface area contributed by atoms with Gasteiger partial charge in [-0.1, -0.05) is 40.0 Å². The molecule has 5 heteroatoms. The van der Waals surface area contributed by atoms with Crippen molar-refractivity contribution in [2.24, 2.45) is 10.4 Å². The molecule has 1 aliphatic rings. The van der Waals surface area contributed by atoms with Gasteiger partial charge in [-0.15, -0.1) is 0 Å². The monoisotopic (exact) mass is 340 g/mol. The van der Waals surface area contributed by atoms with E-state index in [9.17, 15) is 0 Å². The SMILES string of the molecule is CCCCCC(C)(C)CNC(=NC)NCCCCN1CCOCC1. The summed E-state index contributed by atoms with van der Waals surface area (Å²) in [4.78, 5) is 6.84. The van der Waals surface area contributed by atoms with Gasteiger partial charge in [0.2, 0.25) is 0 Å². The molecule has 0 amide bonds. The molecule has 0 aromatic rings. The number of rotatable bonds is 11. The molecule has 1 saturated heterocycles. The van der Waals surface area contributed by atoms with Crippen molar-refractivity contribution >= 4 is 5.96 Å². The Morgan fingerprint density at radius 1 is 1.08 bits per heavy atom. The van der Waals surface area contributed by atoms with Crippen molar-refractivity contribution in [3.8, 4) is 0 Å². The molecule has 24 heavy (non-hydrogen) atoms. The lowest BCUT2D eigenvalue weighted by Crippen LogP contribution is -2.42. The van der Waals surface area contributed by atoms with Crippen molar-refractivity contribution in [1.29, 1.82) is 0 Å². The van der Waals surface area contributed by atoms with E-state index in [2.05, 4.69) is 41.3 Å². The van der Waals surface area contributed by atoms with Crippen LogP contribution in [-0.4, -0.2) is 63.8 Å². The van der Waals surface area contributed by atoms with E-state index in [1.165, 1.54) is 45.1 Å². The zero-order valence-corrected chi connectivity index (χ0v) is 16.5. The Morgan fingerprint density at radius 3 is 2.50 bits per heavy atom. The first-order chi connectivity index (χ1) is 11.6. The van der Waals surface area contributed by atoms with E-state index < -0.39 is 0 Å². The Morgan fingerprint density at radius 2 is 1.83 bits per heavy atom. The predicted octanol–water partition coefficient (Wildman–Crippen LogP) is 2.87. The molecule has 1 heterocycles. The number of nitrogens with zero attached hydrogens (tertiary/aromatic N) is 2. The number of ether oxygens (including phenoxy) is 1. The summed E-state index contributed by atoms with van der Waals surface area (Å²) >= 11 is 0. The van der Waals surface area contributed by atoms with Crippen molar-refractivity contribution in [2.75, 3.05) is 53.0 Å². The van der Waals surface area contributed by atoms with Gasteiger partial charge < -0.3 is 15.4 Å². The van der Waals surface area contributed by atoms with Crippen LogP contribution in [-0.2, 0) is 4.74 Å². The fraction of sp³-hybridized carbons (Fsp3) is 0.947. The van der Waals surface area contributed by atoms with Crippen molar-refractivity contribution in [3.05, 3.63) is 0 Å². The Bertz CT molecular complexity index is 338. The molecule has 0 radical (unpaired) electrons. The van der Waals surface area contributed by atoms with Gasteiger partial charge in [-0.25, -0.2) is 0 Å². The normalized spacial score (nSPS) is 17.1.